The molecule has 2 rings (SSSR count). The fourth-order valence-corrected chi connectivity index (χ4v) is 3.19. The molecule has 1 saturated carbocycles. The highest BCUT2D eigenvalue weighted by atomic mass is 19.1. The Hall–Kier alpha value is -1.00. The van der Waals surface area contributed by atoms with E-state index in [0.717, 1.165) is 24.8 Å². The Morgan fingerprint density at radius 2 is 1.95 bits per heavy atom. The summed E-state index contributed by atoms with van der Waals surface area (Å²) in [6.07, 6.45) is 5.31. The lowest BCUT2D eigenvalue weighted by Gasteiger charge is -2.23. The van der Waals surface area contributed by atoms with E-state index in [-0.39, 0.29) is 6.04 Å². The van der Waals surface area contributed by atoms with E-state index < -0.39 is 11.6 Å². The number of nitrogens with one attached hydrogen (secondary N) is 1. The zero-order valence-electron chi connectivity index (χ0n) is 11.3. The van der Waals surface area contributed by atoms with Crippen LogP contribution in [-0.4, -0.2) is 6.04 Å². The molecule has 0 amide bonds. The lowest BCUT2D eigenvalue weighted by Crippen LogP contribution is -2.41. The highest BCUT2D eigenvalue weighted by molar-refractivity contribution is 5.19. The molecule has 0 bridgehead atoms. The first-order chi connectivity index (χ1) is 9.12. The number of hydrogen-bond acceptors (Lipinski definition) is 2. The fourth-order valence-electron chi connectivity index (χ4n) is 3.19. The molecule has 19 heavy (non-hydrogen) atoms. The maximum Gasteiger partial charge on any atom is 0.126 e. The van der Waals surface area contributed by atoms with Crippen LogP contribution in [0.2, 0.25) is 0 Å². The number of rotatable bonds is 5. The fraction of sp³-hybridized carbons (Fsp3) is 0.600. The highest BCUT2D eigenvalue weighted by Gasteiger charge is 2.29. The average molecular weight is 268 g/mol. The van der Waals surface area contributed by atoms with Crippen LogP contribution < -0.4 is 11.3 Å². The third-order valence-corrected chi connectivity index (χ3v) is 4.32. The van der Waals surface area contributed by atoms with Crippen molar-refractivity contribution in [3.63, 3.8) is 0 Å². The van der Waals surface area contributed by atoms with E-state index in [1.54, 1.807) is 0 Å². The maximum absolute atomic E-state index is 13.2. The molecule has 1 aliphatic rings. The predicted octanol–water partition coefficient (Wildman–Crippen LogP) is 3.17. The van der Waals surface area contributed by atoms with Crippen LogP contribution in [-0.2, 0) is 6.42 Å². The van der Waals surface area contributed by atoms with E-state index in [1.807, 2.05) is 0 Å². The van der Waals surface area contributed by atoms with Gasteiger partial charge in [0.25, 0.3) is 0 Å². The van der Waals surface area contributed by atoms with E-state index in [4.69, 9.17) is 5.84 Å². The van der Waals surface area contributed by atoms with Crippen LogP contribution in [0.5, 0.6) is 0 Å². The topological polar surface area (TPSA) is 38.0 Å². The van der Waals surface area contributed by atoms with Crippen LogP contribution >= 0.6 is 0 Å². The molecule has 3 atom stereocenters. The van der Waals surface area contributed by atoms with Gasteiger partial charge >= 0.3 is 0 Å². The summed E-state index contributed by atoms with van der Waals surface area (Å²) in [5, 5.41) is 0. The molecule has 0 radical (unpaired) electrons. The Labute approximate surface area is 113 Å². The molecule has 3 unspecified atom stereocenters. The molecule has 3 N–H and O–H groups in total. The van der Waals surface area contributed by atoms with Gasteiger partial charge in [0.2, 0.25) is 0 Å². The lowest BCUT2D eigenvalue weighted by atomic mass is 9.91. The maximum atomic E-state index is 13.2. The van der Waals surface area contributed by atoms with Crippen molar-refractivity contribution in [2.45, 2.75) is 45.1 Å². The molecule has 1 aromatic carbocycles. The predicted molar refractivity (Wildman–Crippen MR) is 72.3 cm³/mol. The van der Waals surface area contributed by atoms with Crippen LogP contribution in [0.25, 0.3) is 0 Å². The second-order valence-electron chi connectivity index (χ2n) is 5.60. The molecule has 0 spiro atoms. The van der Waals surface area contributed by atoms with Crippen molar-refractivity contribution in [2.75, 3.05) is 0 Å². The summed E-state index contributed by atoms with van der Waals surface area (Å²) >= 11 is 0. The van der Waals surface area contributed by atoms with Gasteiger partial charge in [-0.15, -0.1) is 0 Å². The molecular weight excluding hydrogens is 246 g/mol. The first kappa shape index (κ1) is 14.4. The molecule has 4 heteroatoms. The van der Waals surface area contributed by atoms with E-state index in [1.165, 1.54) is 25.0 Å². The van der Waals surface area contributed by atoms with Crippen molar-refractivity contribution < 1.29 is 8.78 Å². The van der Waals surface area contributed by atoms with E-state index >= 15 is 0 Å². The molecule has 1 fully saturated rings. The monoisotopic (exact) mass is 268 g/mol. The molecule has 1 aromatic rings. The average Bonchev–Trinajstić information content (AvgIpc) is 2.83. The van der Waals surface area contributed by atoms with E-state index in [2.05, 4.69) is 12.3 Å². The van der Waals surface area contributed by atoms with Gasteiger partial charge in [0, 0.05) is 12.1 Å². The second kappa shape index (κ2) is 6.44. The van der Waals surface area contributed by atoms with Gasteiger partial charge in [-0.2, -0.15) is 0 Å². The molecule has 2 nitrogen and oxygen atoms in total. The quantitative estimate of drug-likeness (QED) is 0.636. The first-order valence-corrected chi connectivity index (χ1v) is 7.03. The van der Waals surface area contributed by atoms with Gasteiger partial charge in [-0.3, -0.25) is 11.3 Å². The van der Waals surface area contributed by atoms with Gasteiger partial charge in [0.15, 0.2) is 0 Å². The van der Waals surface area contributed by atoms with Crippen molar-refractivity contribution in [1.29, 1.82) is 0 Å². The van der Waals surface area contributed by atoms with Crippen molar-refractivity contribution in [3.8, 4) is 0 Å². The van der Waals surface area contributed by atoms with Crippen LogP contribution in [0.3, 0.4) is 0 Å². The highest BCUT2D eigenvalue weighted by Crippen LogP contribution is 2.35. The van der Waals surface area contributed by atoms with Gasteiger partial charge in [-0.1, -0.05) is 19.8 Å². The van der Waals surface area contributed by atoms with Crippen LogP contribution in [0.4, 0.5) is 8.78 Å². The summed E-state index contributed by atoms with van der Waals surface area (Å²) in [6.45, 7) is 2.21. The largest absolute Gasteiger partial charge is 0.271 e. The zero-order chi connectivity index (χ0) is 13.8. The van der Waals surface area contributed by atoms with Crippen LogP contribution in [0.1, 0.15) is 38.2 Å². The Bertz CT molecular complexity index is 402. The number of nitrogens with two attached hydrogens (primary N) is 1. The molecule has 0 aliphatic heterocycles. The number of halogens is 2. The Morgan fingerprint density at radius 1 is 1.26 bits per heavy atom. The molecule has 0 saturated heterocycles. The molecule has 1 aliphatic carbocycles. The van der Waals surface area contributed by atoms with Gasteiger partial charge in [0.1, 0.15) is 11.6 Å². The standard InChI is InChI=1S/C15H22F2N2/c1-2-10-3-4-12(5-10)15(19-18)8-11-6-13(16)9-14(17)7-11/h6-7,9-10,12,15,19H,2-5,8,18H2,1H3. The summed E-state index contributed by atoms with van der Waals surface area (Å²) < 4.78 is 26.4. The Kier molecular flexibility index (Phi) is 4.88. The van der Waals surface area contributed by atoms with Gasteiger partial charge in [-0.05, 0) is 48.8 Å². The van der Waals surface area contributed by atoms with Gasteiger partial charge in [0.05, 0.1) is 0 Å². The first-order valence-electron chi connectivity index (χ1n) is 7.03. The summed E-state index contributed by atoms with van der Waals surface area (Å²) in [5.74, 6) is 5.85. The Morgan fingerprint density at radius 3 is 2.47 bits per heavy atom. The van der Waals surface area contributed by atoms with E-state index in [0.29, 0.717) is 17.9 Å². The third-order valence-electron chi connectivity index (χ3n) is 4.32. The molecule has 0 heterocycles. The smallest absolute Gasteiger partial charge is 0.126 e. The van der Waals surface area contributed by atoms with Crippen LogP contribution in [0.15, 0.2) is 18.2 Å². The molecule has 0 aromatic heterocycles. The van der Waals surface area contributed by atoms with Crippen molar-refractivity contribution in [2.24, 2.45) is 17.7 Å². The van der Waals surface area contributed by atoms with E-state index in [9.17, 15) is 8.78 Å². The van der Waals surface area contributed by atoms with Gasteiger partial charge < -0.3 is 0 Å². The number of hydrogen-bond donors (Lipinski definition) is 2. The molecule has 106 valence electrons. The van der Waals surface area contributed by atoms with Crippen molar-refractivity contribution >= 4 is 0 Å². The summed E-state index contributed by atoms with van der Waals surface area (Å²) in [4.78, 5) is 0. The second-order valence-corrected chi connectivity index (χ2v) is 5.60. The summed E-state index contributed by atoms with van der Waals surface area (Å²) in [7, 11) is 0. The SMILES string of the molecule is CCC1CCC(C(Cc2cc(F)cc(F)c2)NN)C1. The van der Waals surface area contributed by atoms with Crippen LogP contribution in [0, 0.1) is 23.5 Å². The molecular formula is C15H22F2N2. The minimum Gasteiger partial charge on any atom is -0.271 e. The van der Waals surface area contributed by atoms with Crippen molar-refractivity contribution in [1.82, 2.24) is 5.43 Å². The summed E-state index contributed by atoms with van der Waals surface area (Å²) in [6, 6.07) is 3.77. The number of hydrazine groups is 1. The normalized spacial score (nSPS) is 24.6. The Balaban J connectivity index is 2.02. The number of benzene rings is 1. The van der Waals surface area contributed by atoms with Gasteiger partial charge in [-0.25, -0.2) is 8.78 Å². The summed E-state index contributed by atoms with van der Waals surface area (Å²) in [5.41, 5.74) is 3.50. The van der Waals surface area contributed by atoms with Crippen molar-refractivity contribution in [3.05, 3.63) is 35.4 Å². The third kappa shape index (κ3) is 3.74. The zero-order valence-corrected chi connectivity index (χ0v) is 11.3. The lowest BCUT2D eigenvalue weighted by molar-refractivity contribution is 0.347. The minimum atomic E-state index is -0.524. The minimum absolute atomic E-state index is 0.0951.